The van der Waals surface area contributed by atoms with Gasteiger partial charge in [0.15, 0.2) is 0 Å². The highest BCUT2D eigenvalue weighted by molar-refractivity contribution is 7.99. The molecule has 2 aromatic heterocycles. The fourth-order valence-electron chi connectivity index (χ4n) is 2.25. The molecule has 0 spiro atoms. The summed E-state index contributed by atoms with van der Waals surface area (Å²) >= 11 is 3.65. The lowest BCUT2D eigenvalue weighted by atomic mass is 10.0. The minimum atomic E-state index is 0.469. The van der Waals surface area contributed by atoms with Gasteiger partial charge in [0.25, 0.3) is 0 Å². The highest BCUT2D eigenvalue weighted by atomic mass is 32.2. The molecular weight excluding hydrogens is 278 g/mol. The van der Waals surface area contributed by atoms with E-state index in [0.29, 0.717) is 5.95 Å². The molecule has 102 valence electrons. The number of nitrogen functional groups attached to an aromatic ring is 1. The summed E-state index contributed by atoms with van der Waals surface area (Å²) in [5, 5.41) is 6.58. The Morgan fingerprint density at radius 3 is 2.95 bits per heavy atom. The van der Waals surface area contributed by atoms with Crippen LogP contribution in [-0.4, -0.2) is 28.0 Å². The number of hydrogen-bond donors (Lipinski definition) is 3. The predicted octanol–water partition coefficient (Wildman–Crippen LogP) is 2.53. The molecule has 3 rings (SSSR count). The second kappa shape index (κ2) is 5.94. The molecule has 5 nitrogen and oxygen atoms in total. The van der Waals surface area contributed by atoms with Crippen LogP contribution in [0, 0.1) is 5.92 Å². The number of fused-ring (bicyclic) bond motifs is 1. The van der Waals surface area contributed by atoms with Crippen molar-refractivity contribution in [2.45, 2.75) is 12.8 Å². The van der Waals surface area contributed by atoms with Crippen LogP contribution in [0.5, 0.6) is 0 Å². The summed E-state index contributed by atoms with van der Waals surface area (Å²) in [7, 11) is 0. The molecule has 0 atom stereocenters. The molecule has 0 bridgehead atoms. The Labute approximate surface area is 120 Å². The van der Waals surface area contributed by atoms with Crippen LogP contribution in [0.4, 0.5) is 11.8 Å². The summed E-state index contributed by atoms with van der Waals surface area (Å²) < 4.78 is 0. The third kappa shape index (κ3) is 2.93. The monoisotopic (exact) mass is 295 g/mol. The van der Waals surface area contributed by atoms with Crippen LogP contribution in [0.1, 0.15) is 12.8 Å². The van der Waals surface area contributed by atoms with Gasteiger partial charge in [-0.3, -0.25) is 5.43 Å². The van der Waals surface area contributed by atoms with Crippen LogP contribution in [0.3, 0.4) is 0 Å². The van der Waals surface area contributed by atoms with E-state index in [1.54, 1.807) is 11.3 Å². The number of anilines is 2. The topological polar surface area (TPSA) is 75.9 Å². The molecule has 1 aliphatic heterocycles. The van der Waals surface area contributed by atoms with Gasteiger partial charge in [-0.05, 0) is 41.7 Å². The Hall–Kier alpha value is -1.05. The molecule has 0 saturated carbocycles. The van der Waals surface area contributed by atoms with Gasteiger partial charge >= 0.3 is 0 Å². The van der Waals surface area contributed by atoms with Gasteiger partial charge in [0.05, 0.1) is 5.39 Å². The first-order chi connectivity index (χ1) is 9.36. The predicted molar refractivity (Wildman–Crippen MR) is 83.8 cm³/mol. The maximum atomic E-state index is 5.42. The Morgan fingerprint density at radius 2 is 2.16 bits per heavy atom. The summed E-state index contributed by atoms with van der Waals surface area (Å²) in [6, 6.07) is 2.05. The van der Waals surface area contributed by atoms with Crippen LogP contribution in [-0.2, 0) is 0 Å². The van der Waals surface area contributed by atoms with Crippen molar-refractivity contribution < 1.29 is 0 Å². The van der Waals surface area contributed by atoms with E-state index in [1.165, 1.54) is 24.3 Å². The second-order valence-corrected chi connectivity index (χ2v) is 6.74. The molecule has 0 aromatic carbocycles. The molecule has 1 aliphatic rings. The van der Waals surface area contributed by atoms with Gasteiger partial charge in [-0.2, -0.15) is 16.7 Å². The minimum absolute atomic E-state index is 0.469. The first-order valence-electron chi connectivity index (χ1n) is 6.40. The van der Waals surface area contributed by atoms with Gasteiger partial charge in [-0.25, -0.2) is 10.8 Å². The quantitative estimate of drug-likeness (QED) is 0.594. The van der Waals surface area contributed by atoms with Crippen molar-refractivity contribution in [3.05, 3.63) is 11.4 Å². The van der Waals surface area contributed by atoms with Crippen LogP contribution >= 0.6 is 23.1 Å². The molecule has 1 saturated heterocycles. The van der Waals surface area contributed by atoms with E-state index in [9.17, 15) is 0 Å². The van der Waals surface area contributed by atoms with Gasteiger partial charge in [0.1, 0.15) is 10.6 Å². The van der Waals surface area contributed by atoms with Crippen molar-refractivity contribution >= 4 is 45.1 Å². The van der Waals surface area contributed by atoms with Gasteiger partial charge in [-0.1, -0.05) is 0 Å². The van der Waals surface area contributed by atoms with E-state index in [0.717, 1.165) is 28.5 Å². The largest absolute Gasteiger partial charge is 0.369 e. The van der Waals surface area contributed by atoms with Crippen LogP contribution in [0.25, 0.3) is 10.2 Å². The van der Waals surface area contributed by atoms with E-state index >= 15 is 0 Å². The van der Waals surface area contributed by atoms with E-state index in [2.05, 4.69) is 38.5 Å². The second-order valence-electron chi connectivity index (χ2n) is 4.62. The van der Waals surface area contributed by atoms with Crippen molar-refractivity contribution in [3.8, 4) is 0 Å². The molecule has 0 aliphatic carbocycles. The van der Waals surface area contributed by atoms with Gasteiger partial charge in [0.2, 0.25) is 5.95 Å². The van der Waals surface area contributed by atoms with Crippen molar-refractivity contribution in [2.75, 3.05) is 28.8 Å². The summed E-state index contributed by atoms with van der Waals surface area (Å²) in [5.74, 6) is 10.1. The molecule has 0 amide bonds. The van der Waals surface area contributed by atoms with Crippen molar-refractivity contribution in [2.24, 2.45) is 11.8 Å². The fourth-order valence-corrected chi connectivity index (χ4v) is 4.21. The van der Waals surface area contributed by atoms with Crippen molar-refractivity contribution in [1.82, 2.24) is 9.97 Å². The highest BCUT2D eigenvalue weighted by Crippen LogP contribution is 2.28. The average Bonchev–Trinajstić information content (AvgIpc) is 2.94. The summed E-state index contributed by atoms with van der Waals surface area (Å²) in [6.45, 7) is 0.979. The number of nitrogens with two attached hydrogens (primary N) is 1. The number of thiophene rings is 1. The number of hydrogen-bond acceptors (Lipinski definition) is 7. The van der Waals surface area contributed by atoms with E-state index in [1.807, 2.05) is 5.38 Å². The lowest BCUT2D eigenvalue weighted by Crippen LogP contribution is -2.20. The van der Waals surface area contributed by atoms with Gasteiger partial charge < -0.3 is 5.32 Å². The highest BCUT2D eigenvalue weighted by Gasteiger charge is 2.15. The van der Waals surface area contributed by atoms with Crippen molar-refractivity contribution in [1.29, 1.82) is 0 Å². The molecule has 1 fully saturated rings. The maximum Gasteiger partial charge on any atom is 0.240 e. The lowest BCUT2D eigenvalue weighted by Gasteiger charge is -2.22. The zero-order chi connectivity index (χ0) is 13.1. The SMILES string of the molecule is NNc1nc(NCC2CCSCC2)c2ccsc2n1. The molecule has 0 unspecified atom stereocenters. The normalized spacial score (nSPS) is 16.7. The molecular formula is C12H17N5S2. The number of thioether (sulfide) groups is 1. The first-order valence-corrected chi connectivity index (χ1v) is 8.43. The summed E-state index contributed by atoms with van der Waals surface area (Å²) in [4.78, 5) is 9.72. The Kier molecular flexibility index (Phi) is 4.05. The standard InChI is InChI=1S/C12H17N5S2/c13-17-12-15-10(9-3-6-19-11(9)16-12)14-7-8-1-4-18-5-2-8/h3,6,8H,1-2,4-5,7,13H2,(H2,14,15,16,17). The van der Waals surface area contributed by atoms with E-state index in [4.69, 9.17) is 5.84 Å². The molecule has 0 radical (unpaired) electrons. The van der Waals surface area contributed by atoms with Crippen LogP contribution in [0.15, 0.2) is 11.4 Å². The molecule has 7 heteroatoms. The number of hydrazine groups is 1. The Morgan fingerprint density at radius 1 is 1.32 bits per heavy atom. The molecule has 3 heterocycles. The Bertz CT molecular complexity index is 550. The molecule has 4 N–H and O–H groups in total. The number of aromatic nitrogens is 2. The third-order valence-corrected chi connectivity index (χ3v) is 5.21. The average molecular weight is 295 g/mol. The summed E-state index contributed by atoms with van der Waals surface area (Å²) in [6.07, 6.45) is 2.58. The maximum absolute atomic E-state index is 5.42. The number of nitrogens with one attached hydrogen (secondary N) is 2. The first kappa shape index (κ1) is 13.0. The lowest BCUT2D eigenvalue weighted by molar-refractivity contribution is 0.516. The zero-order valence-electron chi connectivity index (χ0n) is 10.6. The van der Waals surface area contributed by atoms with Gasteiger partial charge in [-0.15, -0.1) is 11.3 Å². The Balaban J connectivity index is 1.77. The molecule has 19 heavy (non-hydrogen) atoms. The number of nitrogens with zero attached hydrogens (tertiary/aromatic N) is 2. The number of rotatable bonds is 4. The zero-order valence-corrected chi connectivity index (χ0v) is 12.2. The van der Waals surface area contributed by atoms with Crippen LogP contribution in [0.2, 0.25) is 0 Å². The fraction of sp³-hybridized carbons (Fsp3) is 0.500. The third-order valence-electron chi connectivity index (χ3n) is 3.35. The van der Waals surface area contributed by atoms with Crippen LogP contribution < -0.4 is 16.6 Å². The minimum Gasteiger partial charge on any atom is -0.369 e. The summed E-state index contributed by atoms with van der Waals surface area (Å²) in [5.41, 5.74) is 2.53. The van der Waals surface area contributed by atoms with E-state index in [-0.39, 0.29) is 0 Å². The van der Waals surface area contributed by atoms with Crippen molar-refractivity contribution in [3.63, 3.8) is 0 Å². The van der Waals surface area contributed by atoms with E-state index < -0.39 is 0 Å². The molecule has 2 aromatic rings. The smallest absolute Gasteiger partial charge is 0.240 e. The van der Waals surface area contributed by atoms with Gasteiger partial charge in [0, 0.05) is 6.54 Å².